The van der Waals surface area contributed by atoms with E-state index in [1.54, 1.807) is 37.0 Å². The van der Waals surface area contributed by atoms with E-state index in [-0.39, 0.29) is 11.3 Å². The summed E-state index contributed by atoms with van der Waals surface area (Å²) in [6.45, 7) is 5.28. The number of hydrogen-bond donors (Lipinski definition) is 1. The van der Waals surface area contributed by atoms with Crippen molar-refractivity contribution in [2.75, 3.05) is 5.32 Å². The van der Waals surface area contributed by atoms with Crippen molar-refractivity contribution < 1.29 is 18.0 Å². The molecule has 8 nitrogen and oxygen atoms in total. The van der Waals surface area contributed by atoms with Gasteiger partial charge >= 0.3 is 6.18 Å². The van der Waals surface area contributed by atoms with Gasteiger partial charge in [0.2, 0.25) is 0 Å². The van der Waals surface area contributed by atoms with Crippen molar-refractivity contribution in [3.05, 3.63) is 70.9 Å². The topological polar surface area (TPSA) is 90.5 Å². The minimum absolute atomic E-state index is 0.0760. The van der Waals surface area contributed by atoms with E-state index in [2.05, 4.69) is 25.7 Å². The van der Waals surface area contributed by atoms with Crippen LogP contribution in [-0.2, 0) is 13.2 Å². The van der Waals surface area contributed by atoms with Crippen LogP contribution in [0.4, 0.5) is 18.9 Å². The van der Waals surface area contributed by atoms with Gasteiger partial charge in [0.05, 0.1) is 34.9 Å². The highest BCUT2D eigenvalue weighted by Gasteiger charge is 2.31. The minimum Gasteiger partial charge on any atom is -0.322 e. The quantitative estimate of drug-likeness (QED) is 0.497. The molecule has 11 heteroatoms. The number of carbonyl (C=O) groups excluding carboxylic acids is 1. The predicted octanol–water partition coefficient (Wildman–Crippen LogP) is 4.26. The third kappa shape index (κ3) is 4.34. The Bertz CT molecular complexity index is 1350. The van der Waals surface area contributed by atoms with Gasteiger partial charge in [-0.15, -0.1) is 5.10 Å². The van der Waals surface area contributed by atoms with Crippen LogP contribution in [-0.4, -0.2) is 35.7 Å². The lowest BCUT2D eigenvalue weighted by Gasteiger charge is -2.13. The first kappa shape index (κ1) is 22.2. The van der Waals surface area contributed by atoms with Gasteiger partial charge in [-0.05, 0) is 44.5 Å². The monoisotopic (exact) mass is 455 g/mol. The molecule has 1 amide bonds. The number of benzene rings is 1. The molecule has 1 N–H and O–H groups in total. The van der Waals surface area contributed by atoms with Crippen molar-refractivity contribution in [3.8, 4) is 16.9 Å². The van der Waals surface area contributed by atoms with Gasteiger partial charge in [-0.1, -0.05) is 11.3 Å². The molecule has 0 bridgehead atoms. The van der Waals surface area contributed by atoms with Gasteiger partial charge in [0.25, 0.3) is 5.91 Å². The Kier molecular flexibility index (Phi) is 5.48. The molecule has 0 aliphatic heterocycles. The molecule has 0 unspecified atom stereocenters. The summed E-state index contributed by atoms with van der Waals surface area (Å²) in [5.41, 5.74) is 3.37. The molecule has 170 valence electrons. The Labute approximate surface area is 187 Å². The van der Waals surface area contributed by atoms with Gasteiger partial charge in [0.15, 0.2) is 0 Å². The smallest absolute Gasteiger partial charge is 0.322 e. The Morgan fingerprint density at radius 3 is 2.52 bits per heavy atom. The fourth-order valence-corrected chi connectivity index (χ4v) is 3.26. The molecule has 0 aliphatic carbocycles. The SMILES string of the molecule is Cc1ccc(C(F)(F)F)cc1NC(=O)c1cnc(C)c(-n2cc(-c3cnn(C)c3C)nn2)c1. The molecule has 33 heavy (non-hydrogen) atoms. The maximum Gasteiger partial charge on any atom is 0.416 e. The van der Waals surface area contributed by atoms with E-state index in [9.17, 15) is 18.0 Å². The van der Waals surface area contributed by atoms with Crippen molar-refractivity contribution in [3.63, 3.8) is 0 Å². The van der Waals surface area contributed by atoms with Crippen molar-refractivity contribution in [2.24, 2.45) is 7.05 Å². The lowest BCUT2D eigenvalue weighted by Crippen LogP contribution is -2.15. The summed E-state index contributed by atoms with van der Waals surface area (Å²) in [5.74, 6) is -0.588. The van der Waals surface area contributed by atoms with E-state index in [1.165, 1.54) is 16.9 Å². The first-order chi connectivity index (χ1) is 15.5. The summed E-state index contributed by atoms with van der Waals surface area (Å²) >= 11 is 0. The van der Waals surface area contributed by atoms with E-state index in [1.807, 2.05) is 14.0 Å². The van der Waals surface area contributed by atoms with Gasteiger partial charge in [-0.25, -0.2) is 4.68 Å². The number of nitrogens with one attached hydrogen (secondary N) is 1. The van der Waals surface area contributed by atoms with Crippen LogP contribution in [0, 0.1) is 20.8 Å². The summed E-state index contributed by atoms with van der Waals surface area (Å²) in [6.07, 6.45) is 0.242. The van der Waals surface area contributed by atoms with E-state index in [0.717, 1.165) is 23.4 Å². The molecule has 0 aliphatic rings. The molecule has 3 heterocycles. The summed E-state index contributed by atoms with van der Waals surface area (Å²) in [6, 6.07) is 4.77. The number of aromatic nitrogens is 6. The number of anilines is 1. The second kappa shape index (κ2) is 8.15. The number of alkyl halides is 3. The molecule has 0 saturated heterocycles. The maximum atomic E-state index is 13.1. The maximum absolute atomic E-state index is 13.1. The number of aryl methyl sites for hydroxylation is 3. The molecular formula is C22H20F3N7O. The Balaban J connectivity index is 1.63. The summed E-state index contributed by atoms with van der Waals surface area (Å²) in [5, 5.41) is 15.1. The zero-order valence-corrected chi connectivity index (χ0v) is 18.3. The van der Waals surface area contributed by atoms with Crippen molar-refractivity contribution in [1.29, 1.82) is 0 Å². The first-order valence-electron chi connectivity index (χ1n) is 9.92. The highest BCUT2D eigenvalue weighted by Crippen LogP contribution is 2.32. The molecule has 4 rings (SSSR count). The number of nitrogens with zero attached hydrogens (tertiary/aromatic N) is 6. The average Bonchev–Trinajstić information content (AvgIpc) is 3.36. The van der Waals surface area contributed by atoms with Gasteiger partial charge in [0, 0.05) is 30.2 Å². The fourth-order valence-electron chi connectivity index (χ4n) is 3.26. The van der Waals surface area contributed by atoms with Crippen LogP contribution in [0.3, 0.4) is 0 Å². The molecule has 0 fully saturated rings. The first-order valence-corrected chi connectivity index (χ1v) is 9.92. The normalized spacial score (nSPS) is 11.6. The van der Waals surface area contributed by atoms with E-state index in [4.69, 9.17) is 0 Å². The highest BCUT2D eigenvalue weighted by atomic mass is 19.4. The van der Waals surface area contributed by atoms with E-state index >= 15 is 0 Å². The van der Waals surface area contributed by atoms with Crippen molar-refractivity contribution in [2.45, 2.75) is 26.9 Å². The number of rotatable bonds is 4. The molecule has 1 aromatic carbocycles. The third-order valence-electron chi connectivity index (χ3n) is 5.39. The summed E-state index contributed by atoms with van der Waals surface area (Å²) < 4.78 is 42.4. The minimum atomic E-state index is -4.51. The lowest BCUT2D eigenvalue weighted by molar-refractivity contribution is -0.137. The van der Waals surface area contributed by atoms with Crippen LogP contribution in [0.2, 0.25) is 0 Å². The van der Waals surface area contributed by atoms with E-state index in [0.29, 0.717) is 22.6 Å². The fraction of sp³-hybridized carbons (Fsp3) is 0.227. The largest absolute Gasteiger partial charge is 0.416 e. The van der Waals surface area contributed by atoms with E-state index < -0.39 is 17.6 Å². The Morgan fingerprint density at radius 1 is 1.09 bits per heavy atom. The number of hydrogen-bond acceptors (Lipinski definition) is 5. The highest BCUT2D eigenvalue weighted by molar-refractivity contribution is 6.04. The van der Waals surface area contributed by atoms with Crippen LogP contribution in [0.5, 0.6) is 0 Å². The molecule has 0 spiro atoms. The van der Waals surface area contributed by atoms with Crippen LogP contribution in [0.25, 0.3) is 16.9 Å². The van der Waals surface area contributed by atoms with Crippen LogP contribution < -0.4 is 5.32 Å². The zero-order valence-electron chi connectivity index (χ0n) is 18.3. The number of halogens is 3. The van der Waals surface area contributed by atoms with Crippen LogP contribution in [0.15, 0.2) is 42.9 Å². The summed E-state index contributed by atoms with van der Waals surface area (Å²) in [7, 11) is 1.82. The molecular weight excluding hydrogens is 435 g/mol. The van der Waals surface area contributed by atoms with Crippen molar-refractivity contribution >= 4 is 11.6 Å². The second-order valence-electron chi connectivity index (χ2n) is 7.63. The van der Waals surface area contributed by atoms with Gasteiger partial charge in [0.1, 0.15) is 5.69 Å². The molecule has 0 saturated carbocycles. The van der Waals surface area contributed by atoms with Gasteiger partial charge in [-0.3, -0.25) is 14.5 Å². The molecule has 4 aromatic rings. The van der Waals surface area contributed by atoms with Gasteiger partial charge < -0.3 is 5.32 Å². The standard InChI is InChI=1S/C22H20F3N7O/c1-12-5-6-16(22(23,24)25)8-18(12)28-21(33)15-7-20(13(2)26-9-15)32-11-19(29-30-32)17-10-27-31(4)14(17)3/h5-11H,1-4H3,(H,28,33). The molecule has 0 atom stereocenters. The van der Waals surface area contributed by atoms with Crippen LogP contribution in [0.1, 0.15) is 32.9 Å². The Hall–Kier alpha value is -4.02. The number of pyridine rings is 1. The van der Waals surface area contributed by atoms with Gasteiger partial charge in [-0.2, -0.15) is 18.3 Å². The number of amides is 1. The molecule has 0 radical (unpaired) electrons. The average molecular weight is 455 g/mol. The molecule has 3 aromatic heterocycles. The van der Waals surface area contributed by atoms with Crippen molar-refractivity contribution in [1.82, 2.24) is 29.8 Å². The number of carbonyl (C=O) groups is 1. The Morgan fingerprint density at radius 2 is 1.85 bits per heavy atom. The third-order valence-corrected chi connectivity index (χ3v) is 5.39. The lowest BCUT2D eigenvalue weighted by atomic mass is 10.1. The predicted molar refractivity (Wildman–Crippen MR) is 115 cm³/mol. The van der Waals surface area contributed by atoms with Crippen LogP contribution >= 0.6 is 0 Å². The second-order valence-corrected chi connectivity index (χ2v) is 7.63. The zero-order chi connectivity index (χ0) is 23.9. The summed E-state index contributed by atoms with van der Waals surface area (Å²) in [4.78, 5) is 17.1.